The summed E-state index contributed by atoms with van der Waals surface area (Å²) in [6.07, 6.45) is 0.899. The van der Waals surface area contributed by atoms with Gasteiger partial charge in [0, 0.05) is 20.1 Å². The second-order valence-electron chi connectivity index (χ2n) is 5.27. The first-order valence-corrected chi connectivity index (χ1v) is 7.91. The molecule has 1 aromatic rings. The number of hydrogen-bond acceptors (Lipinski definition) is 3. The third-order valence-electron chi connectivity index (χ3n) is 3.33. The molecule has 1 unspecified atom stereocenters. The lowest BCUT2D eigenvalue weighted by atomic mass is 9.97. The van der Waals surface area contributed by atoms with Crippen molar-refractivity contribution in [1.82, 2.24) is 9.62 Å². The molecule has 0 fully saturated rings. The van der Waals surface area contributed by atoms with Gasteiger partial charge in [-0.05, 0) is 37.1 Å². The first-order valence-electron chi connectivity index (χ1n) is 6.47. The minimum Gasteiger partial charge on any atom is -0.316 e. The minimum absolute atomic E-state index is 0.340. The fourth-order valence-electron chi connectivity index (χ4n) is 1.93. The number of nitrogens with one attached hydrogen (secondary N) is 1. The van der Waals surface area contributed by atoms with Gasteiger partial charge in [0.2, 0.25) is 10.0 Å². The highest BCUT2D eigenvalue weighted by molar-refractivity contribution is 7.89. The van der Waals surface area contributed by atoms with Crippen molar-refractivity contribution in [3.63, 3.8) is 0 Å². The molecular formula is C14H24N2O2S. The third kappa shape index (κ3) is 4.03. The van der Waals surface area contributed by atoms with Gasteiger partial charge >= 0.3 is 0 Å². The second kappa shape index (κ2) is 6.50. The minimum atomic E-state index is -3.33. The van der Waals surface area contributed by atoms with Crippen LogP contribution in [-0.4, -0.2) is 39.9 Å². The molecule has 4 nitrogen and oxygen atoms in total. The summed E-state index contributed by atoms with van der Waals surface area (Å²) >= 11 is 0. The summed E-state index contributed by atoms with van der Waals surface area (Å²) < 4.78 is 25.1. The van der Waals surface area contributed by atoms with Gasteiger partial charge < -0.3 is 5.32 Å². The molecule has 0 aliphatic heterocycles. The first-order chi connectivity index (χ1) is 8.78. The van der Waals surface area contributed by atoms with Crippen LogP contribution in [0, 0.1) is 5.92 Å². The smallest absolute Gasteiger partial charge is 0.242 e. The highest BCUT2D eigenvalue weighted by atomic mass is 32.2. The predicted molar refractivity (Wildman–Crippen MR) is 78.7 cm³/mol. The maximum absolute atomic E-state index is 11.9. The zero-order chi connectivity index (χ0) is 14.6. The molecule has 0 heterocycles. The maximum Gasteiger partial charge on any atom is 0.242 e. The molecule has 0 saturated carbocycles. The summed E-state index contributed by atoms with van der Waals surface area (Å²) in [4.78, 5) is 0.340. The van der Waals surface area contributed by atoms with Crippen molar-refractivity contribution in [2.45, 2.75) is 31.2 Å². The molecule has 1 atom stereocenters. The SMILES string of the molecule is CNC(Cc1ccc(S(=O)(=O)N(C)C)cc1)C(C)C. The van der Waals surface area contributed by atoms with E-state index in [1.165, 1.54) is 4.31 Å². The fourth-order valence-corrected chi connectivity index (χ4v) is 2.84. The van der Waals surface area contributed by atoms with Gasteiger partial charge in [0.05, 0.1) is 4.90 Å². The van der Waals surface area contributed by atoms with Crippen LogP contribution in [0.25, 0.3) is 0 Å². The van der Waals surface area contributed by atoms with Crippen molar-refractivity contribution in [2.24, 2.45) is 5.92 Å². The molecule has 0 amide bonds. The van der Waals surface area contributed by atoms with E-state index in [4.69, 9.17) is 0 Å². The summed E-state index contributed by atoms with van der Waals surface area (Å²) in [7, 11) is 1.71. The molecule has 1 N–H and O–H groups in total. The summed E-state index contributed by atoms with van der Waals surface area (Å²) in [6.45, 7) is 4.35. The lowest BCUT2D eigenvalue weighted by Crippen LogP contribution is -2.32. The van der Waals surface area contributed by atoms with E-state index >= 15 is 0 Å². The van der Waals surface area contributed by atoms with Gasteiger partial charge in [-0.2, -0.15) is 0 Å². The first kappa shape index (κ1) is 16.1. The zero-order valence-electron chi connectivity index (χ0n) is 12.3. The monoisotopic (exact) mass is 284 g/mol. The summed E-state index contributed by atoms with van der Waals surface area (Å²) in [5.74, 6) is 0.537. The van der Waals surface area contributed by atoms with E-state index in [1.54, 1.807) is 26.2 Å². The van der Waals surface area contributed by atoms with Gasteiger partial charge in [-0.15, -0.1) is 0 Å². The van der Waals surface area contributed by atoms with Crippen LogP contribution in [0.15, 0.2) is 29.2 Å². The van der Waals surface area contributed by atoms with E-state index < -0.39 is 10.0 Å². The Bertz CT molecular complexity index is 493. The quantitative estimate of drug-likeness (QED) is 0.865. The van der Waals surface area contributed by atoms with Crippen molar-refractivity contribution < 1.29 is 8.42 Å². The van der Waals surface area contributed by atoms with Gasteiger partial charge in [0.15, 0.2) is 0 Å². The Kier molecular flexibility index (Phi) is 5.52. The van der Waals surface area contributed by atoms with Crippen LogP contribution in [0.4, 0.5) is 0 Å². The Balaban J connectivity index is 2.89. The van der Waals surface area contributed by atoms with E-state index in [0.29, 0.717) is 16.9 Å². The molecule has 0 radical (unpaired) electrons. The van der Waals surface area contributed by atoms with Crippen LogP contribution in [0.3, 0.4) is 0 Å². The lowest BCUT2D eigenvalue weighted by Gasteiger charge is -2.20. The van der Waals surface area contributed by atoms with E-state index in [0.717, 1.165) is 12.0 Å². The van der Waals surface area contributed by atoms with Crippen LogP contribution < -0.4 is 5.32 Å². The van der Waals surface area contributed by atoms with Gasteiger partial charge in [0.25, 0.3) is 0 Å². The summed E-state index contributed by atoms with van der Waals surface area (Å²) in [6, 6.07) is 7.54. The van der Waals surface area contributed by atoms with Crippen molar-refractivity contribution in [3.8, 4) is 0 Å². The summed E-state index contributed by atoms with van der Waals surface area (Å²) in [5, 5.41) is 3.29. The average molecular weight is 284 g/mol. The van der Waals surface area contributed by atoms with Crippen LogP contribution in [0.1, 0.15) is 19.4 Å². The Morgan fingerprint density at radius 1 is 1.16 bits per heavy atom. The number of nitrogens with zero attached hydrogens (tertiary/aromatic N) is 1. The van der Waals surface area contributed by atoms with Crippen molar-refractivity contribution in [2.75, 3.05) is 21.1 Å². The van der Waals surface area contributed by atoms with Crippen LogP contribution >= 0.6 is 0 Å². The topological polar surface area (TPSA) is 49.4 Å². The molecule has 0 saturated heterocycles. The van der Waals surface area contributed by atoms with Crippen molar-refractivity contribution >= 4 is 10.0 Å². The molecule has 1 aromatic carbocycles. The Morgan fingerprint density at radius 3 is 2.05 bits per heavy atom. The average Bonchev–Trinajstić information content (AvgIpc) is 2.35. The van der Waals surface area contributed by atoms with Gasteiger partial charge in [-0.1, -0.05) is 26.0 Å². The van der Waals surface area contributed by atoms with E-state index in [9.17, 15) is 8.42 Å². The lowest BCUT2D eigenvalue weighted by molar-refractivity contribution is 0.424. The molecule has 0 aliphatic carbocycles. The molecule has 0 bridgehead atoms. The normalized spacial score (nSPS) is 14.1. The largest absolute Gasteiger partial charge is 0.316 e. The van der Waals surface area contributed by atoms with E-state index in [2.05, 4.69) is 19.2 Å². The van der Waals surface area contributed by atoms with E-state index in [-0.39, 0.29) is 0 Å². The molecule has 0 aromatic heterocycles. The van der Waals surface area contributed by atoms with Crippen molar-refractivity contribution in [3.05, 3.63) is 29.8 Å². The number of likely N-dealkylation sites (N-methyl/N-ethyl adjacent to an activating group) is 1. The Labute approximate surface area is 116 Å². The molecule has 108 valence electrons. The zero-order valence-corrected chi connectivity index (χ0v) is 13.2. The van der Waals surface area contributed by atoms with Gasteiger partial charge in [-0.3, -0.25) is 0 Å². The number of rotatable bonds is 6. The van der Waals surface area contributed by atoms with Gasteiger partial charge in [0.1, 0.15) is 0 Å². The highest BCUT2D eigenvalue weighted by Crippen LogP contribution is 2.16. The van der Waals surface area contributed by atoms with E-state index in [1.807, 2.05) is 19.2 Å². The van der Waals surface area contributed by atoms with Crippen molar-refractivity contribution in [1.29, 1.82) is 0 Å². The van der Waals surface area contributed by atoms with Crippen LogP contribution in [-0.2, 0) is 16.4 Å². The molecule has 19 heavy (non-hydrogen) atoms. The maximum atomic E-state index is 11.9. The Morgan fingerprint density at radius 2 is 1.68 bits per heavy atom. The highest BCUT2D eigenvalue weighted by Gasteiger charge is 2.17. The number of sulfonamides is 1. The molecule has 1 rings (SSSR count). The van der Waals surface area contributed by atoms with Gasteiger partial charge in [-0.25, -0.2) is 12.7 Å². The second-order valence-corrected chi connectivity index (χ2v) is 7.43. The predicted octanol–water partition coefficient (Wildman–Crippen LogP) is 1.72. The number of hydrogen-bond donors (Lipinski definition) is 1. The molecule has 0 aliphatic rings. The third-order valence-corrected chi connectivity index (χ3v) is 5.16. The standard InChI is InChI=1S/C14H24N2O2S/c1-11(2)14(15-3)10-12-6-8-13(9-7-12)19(17,18)16(4)5/h6-9,11,14-15H,10H2,1-5H3. The molecule has 5 heteroatoms. The van der Waals surface area contributed by atoms with Crippen LogP contribution in [0.5, 0.6) is 0 Å². The number of benzene rings is 1. The molecule has 0 spiro atoms. The summed E-state index contributed by atoms with van der Waals surface area (Å²) in [5.41, 5.74) is 1.14. The molecular weight excluding hydrogens is 260 g/mol. The fraction of sp³-hybridized carbons (Fsp3) is 0.571. The Hall–Kier alpha value is -0.910. The van der Waals surface area contributed by atoms with Crippen LogP contribution in [0.2, 0.25) is 0 Å².